The highest BCUT2D eigenvalue weighted by Gasteiger charge is 2.14. The maximum absolute atomic E-state index is 3.62. The molecule has 0 saturated carbocycles. The van der Waals surface area contributed by atoms with Gasteiger partial charge in [-0.15, -0.1) is 0 Å². The molecule has 0 amide bonds. The third-order valence-corrected chi connectivity index (χ3v) is 3.53. The van der Waals surface area contributed by atoms with Gasteiger partial charge in [0.05, 0.1) is 0 Å². The van der Waals surface area contributed by atoms with Gasteiger partial charge >= 0.3 is 0 Å². The van der Waals surface area contributed by atoms with Crippen molar-refractivity contribution in [2.75, 3.05) is 13.1 Å². The van der Waals surface area contributed by atoms with E-state index < -0.39 is 0 Å². The van der Waals surface area contributed by atoms with Gasteiger partial charge in [0, 0.05) is 6.54 Å². The van der Waals surface area contributed by atoms with E-state index in [-0.39, 0.29) is 0 Å². The molecular formula is C17H29N. The second-order valence-corrected chi connectivity index (χ2v) is 6.00. The number of nitrogens with one attached hydrogen (secondary N) is 1. The van der Waals surface area contributed by atoms with Gasteiger partial charge in [0.25, 0.3) is 0 Å². The van der Waals surface area contributed by atoms with Gasteiger partial charge in [-0.1, -0.05) is 58.0 Å². The van der Waals surface area contributed by atoms with Crippen LogP contribution in [-0.4, -0.2) is 13.1 Å². The highest BCUT2D eigenvalue weighted by molar-refractivity contribution is 5.20. The van der Waals surface area contributed by atoms with Crippen molar-refractivity contribution in [2.45, 2.75) is 46.5 Å². The summed E-state index contributed by atoms with van der Waals surface area (Å²) in [5.74, 6) is 2.14. The molecule has 1 aromatic rings. The third kappa shape index (κ3) is 5.68. The van der Waals surface area contributed by atoms with E-state index in [2.05, 4.69) is 63.3 Å². The molecule has 1 rings (SSSR count). The summed E-state index contributed by atoms with van der Waals surface area (Å²) in [7, 11) is 0. The molecule has 1 atom stereocenters. The normalized spacial score (nSPS) is 13.2. The minimum atomic E-state index is 0.630. The lowest BCUT2D eigenvalue weighted by Gasteiger charge is -2.22. The summed E-state index contributed by atoms with van der Waals surface area (Å²) in [6.45, 7) is 11.5. The number of benzene rings is 1. The molecule has 1 unspecified atom stereocenters. The Balaban J connectivity index is 2.36. The molecule has 18 heavy (non-hydrogen) atoms. The van der Waals surface area contributed by atoms with E-state index in [0.29, 0.717) is 11.8 Å². The van der Waals surface area contributed by atoms with Crippen molar-refractivity contribution in [2.24, 2.45) is 11.8 Å². The molecule has 0 aliphatic carbocycles. The van der Waals surface area contributed by atoms with Crippen molar-refractivity contribution in [1.82, 2.24) is 5.32 Å². The smallest absolute Gasteiger partial charge is 0.00226 e. The first-order valence-electron chi connectivity index (χ1n) is 7.37. The molecular weight excluding hydrogens is 218 g/mol. The quantitative estimate of drug-likeness (QED) is 0.669. The van der Waals surface area contributed by atoms with Crippen LogP contribution in [0.2, 0.25) is 0 Å². The molecule has 1 heteroatoms. The fraction of sp³-hybridized carbons (Fsp3) is 0.647. The van der Waals surface area contributed by atoms with Crippen molar-refractivity contribution in [3.8, 4) is 0 Å². The standard InChI is InChI=1S/C17H29N/c1-14(2)9-8-12-18-13-17(15(3)4)16-10-6-5-7-11-16/h5-7,10-11,14-15,17-18H,8-9,12-13H2,1-4H3. The average molecular weight is 247 g/mol. The zero-order chi connectivity index (χ0) is 13.4. The van der Waals surface area contributed by atoms with E-state index in [1.54, 1.807) is 0 Å². The summed E-state index contributed by atoms with van der Waals surface area (Å²) in [5, 5.41) is 3.62. The average Bonchev–Trinajstić information content (AvgIpc) is 2.34. The summed E-state index contributed by atoms with van der Waals surface area (Å²) in [4.78, 5) is 0. The van der Waals surface area contributed by atoms with Gasteiger partial charge < -0.3 is 5.32 Å². The first-order chi connectivity index (χ1) is 8.61. The van der Waals surface area contributed by atoms with Gasteiger partial charge in [-0.25, -0.2) is 0 Å². The fourth-order valence-corrected chi connectivity index (χ4v) is 2.33. The van der Waals surface area contributed by atoms with E-state index in [1.165, 1.54) is 18.4 Å². The highest BCUT2D eigenvalue weighted by atomic mass is 14.9. The molecule has 0 aromatic heterocycles. The molecule has 0 saturated heterocycles. The van der Waals surface area contributed by atoms with Crippen LogP contribution in [0.5, 0.6) is 0 Å². The van der Waals surface area contributed by atoms with E-state index in [9.17, 15) is 0 Å². The minimum absolute atomic E-state index is 0.630. The molecule has 1 N–H and O–H groups in total. The maximum atomic E-state index is 3.62. The number of hydrogen-bond acceptors (Lipinski definition) is 1. The lowest BCUT2D eigenvalue weighted by atomic mass is 9.88. The Morgan fingerprint density at radius 1 is 1.00 bits per heavy atom. The molecule has 0 radical (unpaired) electrons. The van der Waals surface area contributed by atoms with Crippen molar-refractivity contribution in [1.29, 1.82) is 0 Å². The summed E-state index contributed by atoms with van der Waals surface area (Å²) in [6.07, 6.45) is 2.61. The zero-order valence-electron chi connectivity index (χ0n) is 12.4. The van der Waals surface area contributed by atoms with Gasteiger partial charge in [-0.05, 0) is 42.7 Å². The number of hydrogen-bond donors (Lipinski definition) is 1. The summed E-state index contributed by atoms with van der Waals surface area (Å²) >= 11 is 0. The lowest BCUT2D eigenvalue weighted by molar-refractivity contribution is 0.448. The number of rotatable bonds is 8. The molecule has 1 nitrogen and oxygen atoms in total. The first kappa shape index (κ1) is 15.2. The van der Waals surface area contributed by atoms with Crippen LogP contribution in [0.4, 0.5) is 0 Å². The van der Waals surface area contributed by atoms with E-state index in [0.717, 1.165) is 19.0 Å². The lowest BCUT2D eigenvalue weighted by Crippen LogP contribution is -2.25. The monoisotopic (exact) mass is 247 g/mol. The SMILES string of the molecule is CC(C)CCCNCC(c1ccccc1)C(C)C. The first-order valence-corrected chi connectivity index (χ1v) is 7.37. The topological polar surface area (TPSA) is 12.0 Å². The van der Waals surface area contributed by atoms with Gasteiger partial charge in [-0.3, -0.25) is 0 Å². The van der Waals surface area contributed by atoms with Crippen LogP contribution in [0.1, 0.15) is 52.0 Å². The second kappa shape index (κ2) is 8.31. The summed E-state index contributed by atoms with van der Waals surface area (Å²) in [5.41, 5.74) is 1.46. The third-order valence-electron chi connectivity index (χ3n) is 3.53. The largest absolute Gasteiger partial charge is 0.316 e. The van der Waals surface area contributed by atoms with Crippen LogP contribution in [-0.2, 0) is 0 Å². The van der Waals surface area contributed by atoms with E-state index in [4.69, 9.17) is 0 Å². The Bertz CT molecular complexity index is 303. The van der Waals surface area contributed by atoms with Crippen LogP contribution in [0.3, 0.4) is 0 Å². The van der Waals surface area contributed by atoms with Crippen molar-refractivity contribution in [3.05, 3.63) is 35.9 Å². The van der Waals surface area contributed by atoms with Crippen LogP contribution in [0, 0.1) is 11.8 Å². The van der Waals surface area contributed by atoms with Crippen LogP contribution < -0.4 is 5.32 Å². The van der Waals surface area contributed by atoms with Crippen molar-refractivity contribution in [3.63, 3.8) is 0 Å². The molecule has 102 valence electrons. The molecule has 0 aliphatic heterocycles. The Hall–Kier alpha value is -0.820. The van der Waals surface area contributed by atoms with Crippen LogP contribution >= 0.6 is 0 Å². The maximum Gasteiger partial charge on any atom is 0.00226 e. The van der Waals surface area contributed by atoms with Crippen molar-refractivity contribution < 1.29 is 0 Å². The van der Waals surface area contributed by atoms with E-state index in [1.807, 2.05) is 0 Å². The predicted molar refractivity (Wildman–Crippen MR) is 81.0 cm³/mol. The molecule has 0 aliphatic rings. The molecule has 0 bridgehead atoms. The Morgan fingerprint density at radius 3 is 2.22 bits per heavy atom. The highest BCUT2D eigenvalue weighted by Crippen LogP contribution is 2.23. The van der Waals surface area contributed by atoms with Gasteiger partial charge in [0.15, 0.2) is 0 Å². The second-order valence-electron chi connectivity index (χ2n) is 6.00. The van der Waals surface area contributed by atoms with Gasteiger partial charge in [-0.2, -0.15) is 0 Å². The summed E-state index contributed by atoms with van der Waals surface area (Å²) < 4.78 is 0. The van der Waals surface area contributed by atoms with E-state index >= 15 is 0 Å². The predicted octanol–water partition coefficient (Wildman–Crippen LogP) is 4.45. The fourth-order valence-electron chi connectivity index (χ4n) is 2.33. The Labute approximate surface area is 113 Å². The van der Waals surface area contributed by atoms with Gasteiger partial charge in [0.2, 0.25) is 0 Å². The van der Waals surface area contributed by atoms with Gasteiger partial charge in [0.1, 0.15) is 0 Å². The Kier molecular flexibility index (Phi) is 7.04. The molecule has 0 heterocycles. The molecule has 0 fully saturated rings. The zero-order valence-corrected chi connectivity index (χ0v) is 12.4. The Morgan fingerprint density at radius 2 is 1.67 bits per heavy atom. The molecule has 0 spiro atoms. The van der Waals surface area contributed by atoms with Crippen molar-refractivity contribution >= 4 is 0 Å². The van der Waals surface area contributed by atoms with Crippen LogP contribution in [0.25, 0.3) is 0 Å². The van der Waals surface area contributed by atoms with Crippen LogP contribution in [0.15, 0.2) is 30.3 Å². The minimum Gasteiger partial charge on any atom is -0.316 e. The molecule has 1 aromatic carbocycles. The summed E-state index contributed by atoms with van der Waals surface area (Å²) in [6, 6.07) is 10.9.